The lowest BCUT2D eigenvalue weighted by Gasteiger charge is -2.00. The number of aromatic nitrogens is 1. The SMILES string of the molecule is CS(=O)(=O)NCc1c[nH]c2cc(Br)ccc12. The lowest BCUT2D eigenvalue weighted by Crippen LogP contribution is -2.20. The molecule has 0 aliphatic carbocycles. The summed E-state index contributed by atoms with van der Waals surface area (Å²) < 4.78 is 25.4. The van der Waals surface area contributed by atoms with Crippen LogP contribution in [-0.4, -0.2) is 19.7 Å². The van der Waals surface area contributed by atoms with Crippen LogP contribution in [0.5, 0.6) is 0 Å². The molecule has 1 aromatic heterocycles. The average molecular weight is 303 g/mol. The Bertz CT molecular complexity index is 619. The second-order valence-electron chi connectivity index (χ2n) is 3.60. The fourth-order valence-electron chi connectivity index (χ4n) is 1.51. The van der Waals surface area contributed by atoms with E-state index in [-0.39, 0.29) is 0 Å². The van der Waals surface area contributed by atoms with E-state index in [1.165, 1.54) is 0 Å². The van der Waals surface area contributed by atoms with Crippen molar-refractivity contribution in [2.75, 3.05) is 6.26 Å². The van der Waals surface area contributed by atoms with Gasteiger partial charge in [0, 0.05) is 28.1 Å². The fourth-order valence-corrected chi connectivity index (χ4v) is 2.29. The molecule has 86 valence electrons. The van der Waals surface area contributed by atoms with Crippen LogP contribution in [0.2, 0.25) is 0 Å². The van der Waals surface area contributed by atoms with Crippen molar-refractivity contribution >= 4 is 36.9 Å². The molecule has 0 saturated heterocycles. The largest absolute Gasteiger partial charge is 0.361 e. The summed E-state index contributed by atoms with van der Waals surface area (Å²) in [6.07, 6.45) is 2.97. The monoisotopic (exact) mass is 302 g/mol. The number of halogens is 1. The van der Waals surface area contributed by atoms with Gasteiger partial charge in [-0.2, -0.15) is 0 Å². The van der Waals surface area contributed by atoms with Gasteiger partial charge in [0.15, 0.2) is 0 Å². The van der Waals surface area contributed by atoms with Gasteiger partial charge in [-0.3, -0.25) is 0 Å². The normalized spacial score (nSPS) is 12.1. The molecule has 0 aliphatic heterocycles. The van der Waals surface area contributed by atoms with Crippen LogP contribution in [0.4, 0.5) is 0 Å². The molecule has 2 rings (SSSR count). The molecule has 1 heterocycles. The highest BCUT2D eigenvalue weighted by molar-refractivity contribution is 9.10. The Hall–Kier alpha value is -0.850. The molecule has 0 spiro atoms. The van der Waals surface area contributed by atoms with Crippen LogP contribution >= 0.6 is 15.9 Å². The molecule has 0 atom stereocenters. The second-order valence-corrected chi connectivity index (χ2v) is 6.35. The molecular weight excluding hydrogens is 292 g/mol. The summed E-state index contributed by atoms with van der Waals surface area (Å²) in [4.78, 5) is 3.10. The van der Waals surface area contributed by atoms with E-state index in [1.54, 1.807) is 0 Å². The summed E-state index contributed by atoms with van der Waals surface area (Å²) in [6, 6.07) is 5.84. The summed E-state index contributed by atoms with van der Waals surface area (Å²) in [7, 11) is -3.15. The van der Waals surface area contributed by atoms with E-state index in [4.69, 9.17) is 0 Å². The number of rotatable bonds is 3. The Balaban J connectivity index is 2.32. The Morgan fingerprint density at radius 1 is 1.44 bits per heavy atom. The number of sulfonamides is 1. The molecule has 2 N–H and O–H groups in total. The van der Waals surface area contributed by atoms with Crippen molar-refractivity contribution in [3.63, 3.8) is 0 Å². The van der Waals surface area contributed by atoms with Gasteiger partial charge in [0.2, 0.25) is 10.0 Å². The van der Waals surface area contributed by atoms with Gasteiger partial charge in [0.1, 0.15) is 0 Å². The van der Waals surface area contributed by atoms with Crippen LogP contribution in [0.3, 0.4) is 0 Å². The van der Waals surface area contributed by atoms with Crippen molar-refractivity contribution in [2.45, 2.75) is 6.54 Å². The van der Waals surface area contributed by atoms with Gasteiger partial charge < -0.3 is 4.98 Å². The fraction of sp³-hybridized carbons (Fsp3) is 0.200. The minimum Gasteiger partial charge on any atom is -0.361 e. The summed E-state index contributed by atoms with van der Waals surface area (Å²) in [6.45, 7) is 0.306. The van der Waals surface area contributed by atoms with Crippen LogP contribution in [0.25, 0.3) is 10.9 Å². The van der Waals surface area contributed by atoms with Crippen LogP contribution in [0.1, 0.15) is 5.56 Å². The van der Waals surface area contributed by atoms with Crippen molar-refractivity contribution in [3.8, 4) is 0 Å². The molecule has 1 aromatic carbocycles. The van der Waals surface area contributed by atoms with E-state index in [1.807, 2.05) is 24.4 Å². The number of aromatic amines is 1. The predicted octanol–water partition coefficient (Wildman–Crippen LogP) is 1.98. The molecule has 0 bridgehead atoms. The Kier molecular flexibility index (Phi) is 3.05. The molecule has 0 fully saturated rings. The molecule has 6 heteroatoms. The van der Waals surface area contributed by atoms with Crippen molar-refractivity contribution in [1.29, 1.82) is 0 Å². The van der Waals surface area contributed by atoms with E-state index in [9.17, 15) is 8.42 Å². The molecule has 0 amide bonds. The molecule has 2 aromatic rings. The summed E-state index contributed by atoms with van der Waals surface area (Å²) in [5, 5.41) is 1.03. The van der Waals surface area contributed by atoms with Crippen molar-refractivity contribution < 1.29 is 8.42 Å². The van der Waals surface area contributed by atoms with E-state index in [2.05, 4.69) is 25.6 Å². The lowest BCUT2D eigenvalue weighted by molar-refractivity contribution is 0.588. The number of hydrogen-bond donors (Lipinski definition) is 2. The first-order valence-electron chi connectivity index (χ1n) is 4.66. The van der Waals surface area contributed by atoms with Crippen LogP contribution in [0.15, 0.2) is 28.9 Å². The van der Waals surface area contributed by atoms with Crippen molar-refractivity contribution in [2.24, 2.45) is 0 Å². The van der Waals surface area contributed by atoms with Crippen LogP contribution in [-0.2, 0) is 16.6 Å². The second kappa shape index (κ2) is 4.20. The van der Waals surface area contributed by atoms with E-state index in [0.717, 1.165) is 27.2 Å². The first-order valence-corrected chi connectivity index (χ1v) is 7.34. The van der Waals surface area contributed by atoms with Gasteiger partial charge in [-0.1, -0.05) is 22.0 Å². The summed E-state index contributed by atoms with van der Waals surface area (Å²) >= 11 is 3.38. The Labute approximate surface area is 102 Å². The average Bonchev–Trinajstić information content (AvgIpc) is 2.56. The third kappa shape index (κ3) is 2.63. The van der Waals surface area contributed by atoms with Gasteiger partial charge in [0.25, 0.3) is 0 Å². The van der Waals surface area contributed by atoms with Gasteiger partial charge in [-0.15, -0.1) is 0 Å². The standard InChI is InChI=1S/C10H11BrN2O2S/c1-16(14,15)13-6-7-5-12-10-4-8(11)2-3-9(7)10/h2-5,12-13H,6H2,1H3. The van der Waals surface area contributed by atoms with Gasteiger partial charge in [0.05, 0.1) is 6.26 Å². The van der Waals surface area contributed by atoms with Gasteiger partial charge in [-0.05, 0) is 17.7 Å². The number of fused-ring (bicyclic) bond motifs is 1. The zero-order valence-corrected chi connectivity index (χ0v) is 11.0. The third-order valence-electron chi connectivity index (χ3n) is 2.25. The quantitative estimate of drug-likeness (QED) is 0.911. The molecular formula is C10H11BrN2O2S. The zero-order valence-electron chi connectivity index (χ0n) is 8.62. The number of hydrogen-bond acceptors (Lipinski definition) is 2. The smallest absolute Gasteiger partial charge is 0.209 e. The zero-order chi connectivity index (χ0) is 11.8. The minimum absolute atomic E-state index is 0.306. The molecule has 4 nitrogen and oxygen atoms in total. The maximum absolute atomic E-state index is 11.0. The van der Waals surface area contributed by atoms with Crippen LogP contribution in [0, 0.1) is 0 Å². The van der Waals surface area contributed by atoms with E-state index < -0.39 is 10.0 Å². The topological polar surface area (TPSA) is 62.0 Å². The molecule has 0 aliphatic rings. The van der Waals surface area contributed by atoms with Crippen LogP contribution < -0.4 is 4.72 Å². The molecule has 0 radical (unpaired) electrons. The predicted molar refractivity (Wildman–Crippen MR) is 67.7 cm³/mol. The van der Waals surface area contributed by atoms with Crippen molar-refractivity contribution in [3.05, 3.63) is 34.4 Å². The lowest BCUT2D eigenvalue weighted by atomic mass is 10.2. The Morgan fingerprint density at radius 3 is 2.88 bits per heavy atom. The number of nitrogens with one attached hydrogen (secondary N) is 2. The summed E-state index contributed by atoms with van der Waals surface area (Å²) in [5.41, 5.74) is 1.92. The van der Waals surface area contributed by atoms with Crippen molar-refractivity contribution in [1.82, 2.24) is 9.71 Å². The highest BCUT2D eigenvalue weighted by Gasteiger charge is 2.06. The first-order chi connectivity index (χ1) is 7.46. The maximum atomic E-state index is 11.0. The number of H-pyrrole nitrogens is 1. The Morgan fingerprint density at radius 2 is 2.19 bits per heavy atom. The maximum Gasteiger partial charge on any atom is 0.209 e. The molecule has 16 heavy (non-hydrogen) atoms. The van der Waals surface area contributed by atoms with Gasteiger partial charge >= 0.3 is 0 Å². The van der Waals surface area contributed by atoms with Gasteiger partial charge in [-0.25, -0.2) is 13.1 Å². The van der Waals surface area contributed by atoms with E-state index in [0.29, 0.717) is 6.54 Å². The summed E-state index contributed by atoms with van der Waals surface area (Å²) in [5.74, 6) is 0. The molecule has 0 saturated carbocycles. The first kappa shape index (κ1) is 11.6. The number of benzene rings is 1. The third-order valence-corrected chi connectivity index (χ3v) is 3.42. The highest BCUT2D eigenvalue weighted by Crippen LogP contribution is 2.22. The molecule has 0 unspecified atom stereocenters. The van der Waals surface area contributed by atoms with E-state index >= 15 is 0 Å². The highest BCUT2D eigenvalue weighted by atomic mass is 79.9. The minimum atomic E-state index is -3.15.